The Morgan fingerprint density at radius 2 is 1.80 bits per heavy atom. The van der Waals surface area contributed by atoms with E-state index in [2.05, 4.69) is 40.7 Å². The molecule has 2 nitrogen and oxygen atoms in total. The maximum atomic E-state index is 6.38. The van der Waals surface area contributed by atoms with Gasteiger partial charge in [0.25, 0.3) is 0 Å². The first kappa shape index (κ1) is 18.0. The number of hydrogen-bond donors (Lipinski definition) is 1. The minimum absolute atomic E-state index is 0.207. The van der Waals surface area contributed by atoms with Crippen LogP contribution < -0.4 is 5.73 Å². The maximum absolute atomic E-state index is 6.38. The number of unbranched alkanes of at least 4 members (excludes halogenated alkanes) is 2. The van der Waals surface area contributed by atoms with Crippen molar-refractivity contribution < 1.29 is 0 Å². The third-order valence-corrected chi connectivity index (χ3v) is 4.42. The van der Waals surface area contributed by atoms with Gasteiger partial charge in [0.05, 0.1) is 0 Å². The molecule has 114 valence electrons. The molecule has 1 aromatic rings. The second-order valence-corrected chi connectivity index (χ2v) is 6.48. The molecule has 0 fully saturated rings. The first-order valence-corrected chi connectivity index (χ1v) is 8.70. The molecule has 0 spiro atoms. The summed E-state index contributed by atoms with van der Waals surface area (Å²) in [6.07, 6.45) is 4.80. The van der Waals surface area contributed by atoms with Gasteiger partial charge in [-0.25, -0.2) is 0 Å². The van der Waals surface area contributed by atoms with Crippen LogP contribution in [0.15, 0.2) is 22.7 Å². The Morgan fingerprint density at radius 3 is 2.30 bits per heavy atom. The Labute approximate surface area is 136 Å². The summed E-state index contributed by atoms with van der Waals surface area (Å²) in [6.45, 7) is 7.22. The smallest absolute Gasteiger partial charge is 0.0485 e. The summed E-state index contributed by atoms with van der Waals surface area (Å²) in [5, 5.41) is 0.807. The third-order valence-electron chi connectivity index (χ3n) is 3.58. The number of nitrogens with two attached hydrogens (primary N) is 1. The fourth-order valence-electron chi connectivity index (χ4n) is 2.39. The molecule has 2 N–H and O–H groups in total. The molecule has 1 aromatic carbocycles. The van der Waals surface area contributed by atoms with Gasteiger partial charge >= 0.3 is 0 Å². The van der Waals surface area contributed by atoms with E-state index >= 15 is 0 Å². The lowest BCUT2D eigenvalue weighted by atomic mass is 10.0. The van der Waals surface area contributed by atoms with E-state index in [1.165, 1.54) is 25.7 Å². The first-order chi connectivity index (χ1) is 9.63. The van der Waals surface area contributed by atoms with E-state index < -0.39 is 0 Å². The van der Waals surface area contributed by atoms with Crippen LogP contribution in [0.2, 0.25) is 5.02 Å². The van der Waals surface area contributed by atoms with Crippen LogP contribution >= 0.6 is 27.5 Å². The molecule has 1 unspecified atom stereocenters. The van der Waals surface area contributed by atoms with Crippen LogP contribution in [0, 0.1) is 0 Å². The van der Waals surface area contributed by atoms with Gasteiger partial charge in [-0.15, -0.1) is 0 Å². The quantitative estimate of drug-likeness (QED) is 0.670. The fourth-order valence-corrected chi connectivity index (χ4v) is 3.01. The van der Waals surface area contributed by atoms with E-state index in [-0.39, 0.29) is 6.04 Å². The minimum Gasteiger partial charge on any atom is -0.329 e. The van der Waals surface area contributed by atoms with Crippen molar-refractivity contribution >= 4 is 27.5 Å². The van der Waals surface area contributed by atoms with Crippen LogP contribution in [0.25, 0.3) is 0 Å². The molecule has 20 heavy (non-hydrogen) atoms. The lowest BCUT2D eigenvalue weighted by Gasteiger charge is -2.32. The lowest BCUT2D eigenvalue weighted by Crippen LogP contribution is -2.35. The zero-order chi connectivity index (χ0) is 15.0. The highest BCUT2D eigenvalue weighted by Gasteiger charge is 2.20. The second kappa shape index (κ2) is 9.78. The van der Waals surface area contributed by atoms with Crippen LogP contribution in [0.4, 0.5) is 0 Å². The van der Waals surface area contributed by atoms with Crippen molar-refractivity contribution in [1.82, 2.24) is 4.90 Å². The molecule has 0 saturated heterocycles. The molecule has 0 aliphatic carbocycles. The van der Waals surface area contributed by atoms with Crippen LogP contribution in [0.3, 0.4) is 0 Å². The van der Waals surface area contributed by atoms with Crippen molar-refractivity contribution in [2.24, 2.45) is 5.73 Å². The van der Waals surface area contributed by atoms with Crippen molar-refractivity contribution in [3.63, 3.8) is 0 Å². The largest absolute Gasteiger partial charge is 0.329 e. The van der Waals surface area contributed by atoms with Crippen molar-refractivity contribution in [2.75, 3.05) is 19.6 Å². The molecule has 0 heterocycles. The number of rotatable bonds is 9. The molecule has 0 saturated carbocycles. The highest BCUT2D eigenvalue weighted by Crippen LogP contribution is 2.30. The van der Waals surface area contributed by atoms with Gasteiger partial charge in [-0.05, 0) is 49.7 Å². The molecule has 0 amide bonds. The summed E-state index contributed by atoms with van der Waals surface area (Å²) in [4.78, 5) is 2.49. The van der Waals surface area contributed by atoms with Gasteiger partial charge in [0.1, 0.15) is 0 Å². The summed E-state index contributed by atoms with van der Waals surface area (Å²) in [5.41, 5.74) is 7.19. The van der Waals surface area contributed by atoms with Gasteiger partial charge in [-0.1, -0.05) is 54.2 Å². The Bertz CT molecular complexity index is 390. The van der Waals surface area contributed by atoms with Crippen LogP contribution in [0.1, 0.15) is 51.1 Å². The zero-order valence-corrected chi connectivity index (χ0v) is 14.9. The molecule has 0 aromatic heterocycles. The van der Waals surface area contributed by atoms with E-state index in [9.17, 15) is 0 Å². The number of nitrogens with zero attached hydrogens (tertiary/aromatic N) is 1. The molecule has 1 rings (SSSR count). The fraction of sp³-hybridized carbons (Fsp3) is 0.625. The summed E-state index contributed by atoms with van der Waals surface area (Å²) in [6, 6.07) is 6.23. The normalized spacial score (nSPS) is 12.9. The Hall–Kier alpha value is -0.0900. The summed E-state index contributed by atoms with van der Waals surface area (Å²) >= 11 is 9.91. The molecular formula is C16H26BrClN2. The van der Waals surface area contributed by atoms with Crippen molar-refractivity contribution in [3.05, 3.63) is 33.3 Å². The molecule has 0 aliphatic rings. The monoisotopic (exact) mass is 360 g/mol. The maximum Gasteiger partial charge on any atom is 0.0485 e. The van der Waals surface area contributed by atoms with Gasteiger partial charge in [0.2, 0.25) is 0 Å². The first-order valence-electron chi connectivity index (χ1n) is 7.53. The predicted molar refractivity (Wildman–Crippen MR) is 92.3 cm³/mol. The van der Waals surface area contributed by atoms with Gasteiger partial charge < -0.3 is 5.73 Å². The van der Waals surface area contributed by atoms with Crippen molar-refractivity contribution in [2.45, 2.75) is 45.6 Å². The summed E-state index contributed by atoms with van der Waals surface area (Å²) < 4.78 is 1.06. The molecule has 0 radical (unpaired) electrons. The van der Waals surface area contributed by atoms with E-state index in [0.717, 1.165) is 28.1 Å². The average Bonchev–Trinajstić information content (AvgIpc) is 2.45. The highest BCUT2D eigenvalue weighted by molar-refractivity contribution is 9.10. The van der Waals surface area contributed by atoms with Gasteiger partial charge in [0.15, 0.2) is 0 Å². The van der Waals surface area contributed by atoms with E-state index in [4.69, 9.17) is 17.3 Å². The average molecular weight is 362 g/mol. The molecule has 4 heteroatoms. The van der Waals surface area contributed by atoms with Gasteiger partial charge in [-0.3, -0.25) is 4.90 Å². The van der Waals surface area contributed by atoms with E-state index in [0.29, 0.717) is 6.54 Å². The van der Waals surface area contributed by atoms with Crippen LogP contribution in [-0.4, -0.2) is 24.5 Å². The molecule has 0 aliphatic heterocycles. The van der Waals surface area contributed by atoms with Gasteiger partial charge in [0, 0.05) is 22.1 Å². The van der Waals surface area contributed by atoms with Crippen molar-refractivity contribution in [3.8, 4) is 0 Å². The Kier molecular flexibility index (Phi) is 8.78. The standard InChI is InChI=1S/C16H26BrClN2/c1-3-5-9-20(10-6-4-2)16(12-19)14-11-13(17)7-8-15(14)18/h7-8,11,16H,3-6,9-10,12,19H2,1-2H3. The van der Waals surface area contributed by atoms with Gasteiger partial charge in [-0.2, -0.15) is 0 Å². The number of halogens is 2. The Morgan fingerprint density at radius 1 is 1.20 bits per heavy atom. The summed E-state index contributed by atoms with van der Waals surface area (Å²) in [7, 11) is 0. The van der Waals surface area contributed by atoms with Crippen molar-refractivity contribution in [1.29, 1.82) is 0 Å². The molecule has 1 atom stereocenters. The molecule has 0 bridgehead atoms. The highest BCUT2D eigenvalue weighted by atomic mass is 79.9. The summed E-state index contributed by atoms with van der Waals surface area (Å²) in [5.74, 6) is 0. The van der Waals surface area contributed by atoms with Crippen LogP contribution in [0.5, 0.6) is 0 Å². The number of hydrogen-bond acceptors (Lipinski definition) is 2. The Balaban J connectivity index is 2.94. The second-order valence-electron chi connectivity index (χ2n) is 5.16. The number of benzene rings is 1. The molecular weight excluding hydrogens is 336 g/mol. The van der Waals surface area contributed by atoms with E-state index in [1.54, 1.807) is 0 Å². The SMILES string of the molecule is CCCCN(CCCC)C(CN)c1cc(Br)ccc1Cl. The topological polar surface area (TPSA) is 29.3 Å². The lowest BCUT2D eigenvalue weighted by molar-refractivity contribution is 0.195. The zero-order valence-electron chi connectivity index (χ0n) is 12.5. The minimum atomic E-state index is 0.207. The van der Waals surface area contributed by atoms with E-state index in [1.807, 2.05) is 12.1 Å². The predicted octanol–water partition coefficient (Wildman–Crippen LogP) is 5.00. The van der Waals surface area contributed by atoms with Crippen LogP contribution in [-0.2, 0) is 0 Å². The third kappa shape index (κ3) is 5.36.